The first kappa shape index (κ1) is 14.6. The molecule has 1 heterocycles. The minimum atomic E-state index is -0.0141. The Labute approximate surface area is 133 Å². The number of azo groups is 1. The molecule has 3 aromatic rings. The average molecular weight is 314 g/mol. The first-order valence-electron chi connectivity index (χ1n) is 7.06. The molecule has 0 saturated heterocycles. The minimum Gasteiger partial charge on any atom is -0.493 e. The molecule has 0 saturated carbocycles. The quantitative estimate of drug-likeness (QED) is 0.567. The van der Waals surface area contributed by atoms with Crippen LogP contribution < -0.4 is 0 Å². The predicted molar refractivity (Wildman–Crippen MR) is 89.7 cm³/mol. The summed E-state index contributed by atoms with van der Waals surface area (Å²) in [5.74, 6) is 0.464. The molecule has 22 heavy (non-hydrogen) atoms. The highest BCUT2D eigenvalue weighted by molar-refractivity contribution is 6.31. The van der Waals surface area contributed by atoms with Crippen LogP contribution in [-0.2, 0) is 0 Å². The van der Waals surface area contributed by atoms with Crippen molar-refractivity contribution in [3.63, 3.8) is 0 Å². The van der Waals surface area contributed by atoms with Gasteiger partial charge in [0.1, 0.15) is 0 Å². The van der Waals surface area contributed by atoms with Gasteiger partial charge in [0, 0.05) is 10.4 Å². The molecule has 0 amide bonds. The average Bonchev–Trinajstić information content (AvgIpc) is 2.80. The fourth-order valence-corrected chi connectivity index (χ4v) is 2.44. The van der Waals surface area contributed by atoms with E-state index in [1.54, 1.807) is 18.2 Å². The summed E-state index contributed by atoms with van der Waals surface area (Å²) in [6, 6.07) is 13.2. The lowest BCUT2D eigenvalue weighted by molar-refractivity contribution is 0.459. The second-order valence-corrected chi connectivity index (χ2v) is 5.89. The normalized spacial score (nSPS) is 11.8. The zero-order valence-corrected chi connectivity index (χ0v) is 13.1. The second kappa shape index (κ2) is 5.81. The van der Waals surface area contributed by atoms with E-state index in [1.807, 2.05) is 24.3 Å². The fourth-order valence-electron chi connectivity index (χ4n) is 2.27. The maximum absolute atomic E-state index is 9.97. The minimum absolute atomic E-state index is 0.0141. The number of H-pyrrole nitrogens is 1. The monoisotopic (exact) mass is 313 g/mol. The lowest BCUT2D eigenvalue weighted by Gasteiger charge is -2.03. The van der Waals surface area contributed by atoms with Crippen molar-refractivity contribution in [2.45, 2.75) is 19.8 Å². The number of benzene rings is 2. The predicted octanol–water partition coefficient (Wildman–Crippen LogP) is 6.07. The lowest BCUT2D eigenvalue weighted by atomic mass is 10.0. The number of nitrogens with zero attached hydrogens (tertiary/aromatic N) is 2. The molecule has 0 radical (unpaired) electrons. The van der Waals surface area contributed by atoms with Gasteiger partial charge in [-0.25, -0.2) is 0 Å². The Morgan fingerprint density at radius 3 is 2.45 bits per heavy atom. The van der Waals surface area contributed by atoms with Crippen molar-refractivity contribution in [1.29, 1.82) is 0 Å². The molecule has 0 aliphatic rings. The lowest BCUT2D eigenvalue weighted by Crippen LogP contribution is -1.84. The van der Waals surface area contributed by atoms with E-state index in [0.717, 1.165) is 16.6 Å². The van der Waals surface area contributed by atoms with Gasteiger partial charge in [-0.05, 0) is 41.8 Å². The van der Waals surface area contributed by atoms with Crippen LogP contribution in [0.3, 0.4) is 0 Å². The molecule has 1 aromatic heterocycles. The maximum atomic E-state index is 9.97. The molecule has 5 heteroatoms. The number of halogens is 1. The number of aromatic amines is 1. The van der Waals surface area contributed by atoms with Crippen LogP contribution >= 0.6 is 11.6 Å². The molecule has 0 fully saturated rings. The Hall–Kier alpha value is -2.33. The Morgan fingerprint density at radius 1 is 1.05 bits per heavy atom. The van der Waals surface area contributed by atoms with Crippen molar-refractivity contribution in [2.24, 2.45) is 10.2 Å². The first-order valence-corrected chi connectivity index (χ1v) is 7.44. The summed E-state index contributed by atoms with van der Waals surface area (Å²) < 4.78 is 0. The number of nitrogens with one attached hydrogen (secondary N) is 1. The molecule has 0 aliphatic heterocycles. The number of aromatic hydroxyl groups is 1. The molecule has 2 N–H and O–H groups in total. The van der Waals surface area contributed by atoms with Gasteiger partial charge in [0.2, 0.25) is 5.88 Å². The summed E-state index contributed by atoms with van der Waals surface area (Å²) in [6.45, 7) is 4.29. The van der Waals surface area contributed by atoms with Crippen molar-refractivity contribution in [2.75, 3.05) is 0 Å². The third-order valence-electron chi connectivity index (χ3n) is 3.54. The van der Waals surface area contributed by atoms with Crippen LogP contribution in [0.1, 0.15) is 25.3 Å². The summed E-state index contributed by atoms with van der Waals surface area (Å²) >= 11 is 6.00. The summed E-state index contributed by atoms with van der Waals surface area (Å²) in [7, 11) is 0. The van der Waals surface area contributed by atoms with Gasteiger partial charge in [-0.15, -0.1) is 5.11 Å². The molecule has 3 rings (SSSR count). The van der Waals surface area contributed by atoms with E-state index in [1.165, 1.54) is 5.56 Å². The Morgan fingerprint density at radius 2 is 1.77 bits per heavy atom. The van der Waals surface area contributed by atoms with Gasteiger partial charge in [-0.2, -0.15) is 5.11 Å². The molecule has 0 spiro atoms. The molecule has 4 nitrogen and oxygen atoms in total. The van der Waals surface area contributed by atoms with E-state index in [4.69, 9.17) is 11.6 Å². The summed E-state index contributed by atoms with van der Waals surface area (Å²) in [5, 5.41) is 19.7. The van der Waals surface area contributed by atoms with Crippen LogP contribution in [0, 0.1) is 0 Å². The summed E-state index contributed by atoms with van der Waals surface area (Å²) in [5.41, 5.74) is 3.15. The van der Waals surface area contributed by atoms with E-state index in [0.29, 0.717) is 16.6 Å². The van der Waals surface area contributed by atoms with Crippen molar-refractivity contribution >= 4 is 33.9 Å². The third kappa shape index (κ3) is 2.83. The molecule has 0 aliphatic carbocycles. The maximum Gasteiger partial charge on any atom is 0.218 e. The van der Waals surface area contributed by atoms with E-state index in [2.05, 4.69) is 29.1 Å². The molecule has 0 atom stereocenters. The topological polar surface area (TPSA) is 60.7 Å². The van der Waals surface area contributed by atoms with E-state index >= 15 is 0 Å². The number of fused-ring (bicyclic) bond motifs is 1. The highest BCUT2D eigenvalue weighted by Gasteiger charge is 2.10. The third-order valence-corrected chi connectivity index (χ3v) is 3.77. The Kier molecular flexibility index (Phi) is 3.86. The number of hydrogen-bond acceptors (Lipinski definition) is 3. The molecule has 2 aromatic carbocycles. The van der Waals surface area contributed by atoms with Crippen LogP contribution in [0.5, 0.6) is 5.88 Å². The van der Waals surface area contributed by atoms with Gasteiger partial charge in [-0.3, -0.25) is 0 Å². The van der Waals surface area contributed by atoms with Crippen LogP contribution in [0.15, 0.2) is 52.7 Å². The van der Waals surface area contributed by atoms with Gasteiger partial charge >= 0.3 is 0 Å². The molecule has 0 bridgehead atoms. The van der Waals surface area contributed by atoms with Gasteiger partial charge in [0.15, 0.2) is 5.69 Å². The smallest absolute Gasteiger partial charge is 0.218 e. The van der Waals surface area contributed by atoms with Gasteiger partial charge < -0.3 is 10.1 Å². The Bertz CT molecular complexity index is 835. The number of aromatic nitrogens is 1. The Balaban J connectivity index is 1.95. The summed E-state index contributed by atoms with van der Waals surface area (Å²) in [4.78, 5) is 2.86. The van der Waals surface area contributed by atoms with Crippen LogP contribution in [-0.4, -0.2) is 10.1 Å². The van der Waals surface area contributed by atoms with Crippen molar-refractivity contribution in [1.82, 2.24) is 4.98 Å². The van der Waals surface area contributed by atoms with Crippen LogP contribution in [0.25, 0.3) is 10.9 Å². The van der Waals surface area contributed by atoms with Crippen LogP contribution in [0.4, 0.5) is 11.4 Å². The van der Waals surface area contributed by atoms with E-state index in [-0.39, 0.29) is 5.88 Å². The van der Waals surface area contributed by atoms with Crippen molar-refractivity contribution in [3.05, 3.63) is 53.1 Å². The molecule has 0 unspecified atom stereocenters. The van der Waals surface area contributed by atoms with E-state index < -0.39 is 0 Å². The summed E-state index contributed by atoms with van der Waals surface area (Å²) in [6.07, 6.45) is 0. The molecule has 112 valence electrons. The molecular weight excluding hydrogens is 298 g/mol. The van der Waals surface area contributed by atoms with Gasteiger partial charge in [0.05, 0.1) is 11.2 Å². The first-order chi connectivity index (χ1) is 10.5. The number of hydrogen-bond donors (Lipinski definition) is 2. The fraction of sp³-hybridized carbons (Fsp3) is 0.176. The zero-order valence-electron chi connectivity index (χ0n) is 12.3. The largest absolute Gasteiger partial charge is 0.493 e. The van der Waals surface area contributed by atoms with Gasteiger partial charge in [-0.1, -0.05) is 37.6 Å². The molecular formula is C17H16ClN3O. The van der Waals surface area contributed by atoms with E-state index in [9.17, 15) is 5.11 Å². The van der Waals surface area contributed by atoms with Crippen molar-refractivity contribution < 1.29 is 5.11 Å². The zero-order chi connectivity index (χ0) is 15.7. The highest BCUT2D eigenvalue weighted by Crippen LogP contribution is 2.37. The SMILES string of the molecule is CC(C)c1ccc(N=Nc2c(O)[nH]c3ccc(Cl)cc23)cc1. The van der Waals surface area contributed by atoms with Crippen molar-refractivity contribution in [3.8, 4) is 5.88 Å². The standard InChI is InChI=1S/C17H16ClN3O/c1-10(2)11-3-6-13(7-4-11)20-21-16-14-9-12(18)5-8-15(14)19-17(16)22/h3-10,19,22H,1-2H3. The number of rotatable bonds is 3. The second-order valence-electron chi connectivity index (χ2n) is 5.46. The highest BCUT2D eigenvalue weighted by atomic mass is 35.5. The van der Waals surface area contributed by atoms with Crippen LogP contribution in [0.2, 0.25) is 5.02 Å². The van der Waals surface area contributed by atoms with Gasteiger partial charge in [0.25, 0.3) is 0 Å².